The van der Waals surface area contributed by atoms with E-state index in [0.717, 1.165) is 5.69 Å². The van der Waals surface area contributed by atoms with E-state index in [1.165, 1.54) is 7.05 Å². The second-order valence-electron chi connectivity index (χ2n) is 4.24. The quantitative estimate of drug-likeness (QED) is 0.706. The SMILES string of the molecule is CNC(=O)CNC(=O)C1CNc2cc(OC)ccc2O1. The molecule has 0 radical (unpaired) electrons. The summed E-state index contributed by atoms with van der Waals surface area (Å²) >= 11 is 0. The molecule has 1 aliphatic rings. The smallest absolute Gasteiger partial charge is 0.263 e. The first kappa shape index (κ1) is 14.0. The van der Waals surface area contributed by atoms with E-state index in [1.807, 2.05) is 0 Å². The molecule has 0 bridgehead atoms. The third-order valence-corrected chi connectivity index (χ3v) is 2.93. The second-order valence-corrected chi connectivity index (χ2v) is 4.24. The Kier molecular flexibility index (Phi) is 4.29. The fourth-order valence-electron chi connectivity index (χ4n) is 1.79. The predicted molar refractivity (Wildman–Crippen MR) is 73.0 cm³/mol. The van der Waals surface area contributed by atoms with Gasteiger partial charge in [-0.2, -0.15) is 0 Å². The minimum Gasteiger partial charge on any atom is -0.497 e. The van der Waals surface area contributed by atoms with Gasteiger partial charge in [0.2, 0.25) is 5.91 Å². The molecule has 1 atom stereocenters. The molecule has 7 heteroatoms. The van der Waals surface area contributed by atoms with Crippen molar-refractivity contribution in [3.8, 4) is 11.5 Å². The Bertz CT molecular complexity index is 518. The molecule has 0 spiro atoms. The van der Waals surface area contributed by atoms with Crippen molar-refractivity contribution in [2.45, 2.75) is 6.10 Å². The molecule has 7 nitrogen and oxygen atoms in total. The van der Waals surface area contributed by atoms with Crippen LogP contribution in [0.5, 0.6) is 11.5 Å². The molecular weight excluding hydrogens is 262 g/mol. The van der Waals surface area contributed by atoms with E-state index in [-0.39, 0.29) is 18.4 Å². The van der Waals surface area contributed by atoms with Crippen LogP contribution in [0, 0.1) is 0 Å². The Balaban J connectivity index is 1.97. The first-order chi connectivity index (χ1) is 9.63. The molecule has 0 fully saturated rings. The van der Waals surface area contributed by atoms with Crippen molar-refractivity contribution in [2.75, 3.05) is 32.6 Å². The molecule has 20 heavy (non-hydrogen) atoms. The highest BCUT2D eigenvalue weighted by Gasteiger charge is 2.26. The maximum absolute atomic E-state index is 11.9. The molecule has 2 amide bonds. The highest BCUT2D eigenvalue weighted by Crippen LogP contribution is 2.32. The van der Waals surface area contributed by atoms with Crippen LogP contribution < -0.4 is 25.4 Å². The zero-order valence-electron chi connectivity index (χ0n) is 11.4. The molecule has 1 heterocycles. The maximum atomic E-state index is 11.9. The lowest BCUT2D eigenvalue weighted by atomic mass is 10.2. The van der Waals surface area contributed by atoms with Crippen molar-refractivity contribution in [2.24, 2.45) is 0 Å². The van der Waals surface area contributed by atoms with Gasteiger partial charge in [0.1, 0.15) is 11.5 Å². The van der Waals surface area contributed by atoms with Gasteiger partial charge in [-0.25, -0.2) is 0 Å². The minimum atomic E-state index is -0.666. The largest absolute Gasteiger partial charge is 0.497 e. The van der Waals surface area contributed by atoms with Crippen LogP contribution in [0.15, 0.2) is 18.2 Å². The number of likely N-dealkylation sites (N-methyl/N-ethyl adjacent to an activating group) is 1. The summed E-state index contributed by atoms with van der Waals surface area (Å²) in [4.78, 5) is 22.9. The number of anilines is 1. The number of carbonyl (C=O) groups is 2. The fourth-order valence-corrected chi connectivity index (χ4v) is 1.79. The lowest BCUT2D eigenvalue weighted by molar-refractivity contribution is -0.130. The zero-order valence-corrected chi connectivity index (χ0v) is 11.4. The van der Waals surface area contributed by atoms with E-state index in [1.54, 1.807) is 25.3 Å². The fraction of sp³-hybridized carbons (Fsp3) is 0.385. The van der Waals surface area contributed by atoms with Crippen LogP contribution in [-0.2, 0) is 9.59 Å². The summed E-state index contributed by atoms with van der Waals surface area (Å²) in [6.45, 7) is 0.268. The summed E-state index contributed by atoms with van der Waals surface area (Å²) in [6, 6.07) is 5.29. The highest BCUT2D eigenvalue weighted by atomic mass is 16.5. The van der Waals surface area contributed by atoms with Gasteiger partial charge in [0.15, 0.2) is 6.10 Å². The second kappa shape index (κ2) is 6.14. The number of methoxy groups -OCH3 is 1. The summed E-state index contributed by atoms with van der Waals surface area (Å²) in [5, 5.41) is 8.05. The van der Waals surface area contributed by atoms with E-state index in [0.29, 0.717) is 18.0 Å². The molecule has 0 aliphatic carbocycles. The van der Waals surface area contributed by atoms with Crippen LogP contribution in [0.4, 0.5) is 5.69 Å². The summed E-state index contributed by atoms with van der Waals surface area (Å²) in [5.41, 5.74) is 0.778. The van der Waals surface area contributed by atoms with Crippen LogP contribution in [0.25, 0.3) is 0 Å². The molecule has 1 unspecified atom stereocenters. The number of hydrogen-bond donors (Lipinski definition) is 3. The van der Waals surface area contributed by atoms with Crippen molar-refractivity contribution in [3.63, 3.8) is 0 Å². The number of hydrogen-bond acceptors (Lipinski definition) is 5. The lowest BCUT2D eigenvalue weighted by Gasteiger charge is -2.26. The number of rotatable bonds is 4. The number of nitrogens with one attached hydrogen (secondary N) is 3. The van der Waals surface area contributed by atoms with E-state index in [9.17, 15) is 9.59 Å². The van der Waals surface area contributed by atoms with Gasteiger partial charge in [0, 0.05) is 13.1 Å². The molecule has 1 aliphatic heterocycles. The Morgan fingerprint density at radius 3 is 3.00 bits per heavy atom. The van der Waals surface area contributed by atoms with Crippen molar-refractivity contribution >= 4 is 17.5 Å². The van der Waals surface area contributed by atoms with Gasteiger partial charge in [0.05, 0.1) is 25.9 Å². The third-order valence-electron chi connectivity index (χ3n) is 2.93. The van der Waals surface area contributed by atoms with Gasteiger partial charge in [-0.15, -0.1) is 0 Å². The normalized spacial score (nSPS) is 16.2. The van der Waals surface area contributed by atoms with Crippen LogP contribution in [0.1, 0.15) is 0 Å². The standard InChI is InChI=1S/C13H17N3O4/c1-14-12(17)7-16-13(18)11-6-15-9-5-8(19-2)3-4-10(9)20-11/h3-5,11,15H,6-7H2,1-2H3,(H,14,17)(H,16,18). The average molecular weight is 279 g/mol. The number of ether oxygens (including phenoxy) is 2. The predicted octanol–water partition coefficient (Wildman–Crippen LogP) is -0.270. The highest BCUT2D eigenvalue weighted by molar-refractivity contribution is 5.88. The van der Waals surface area contributed by atoms with Crippen molar-refractivity contribution < 1.29 is 19.1 Å². The van der Waals surface area contributed by atoms with Crippen LogP contribution in [-0.4, -0.2) is 45.2 Å². The van der Waals surface area contributed by atoms with Gasteiger partial charge < -0.3 is 25.4 Å². The summed E-state index contributed by atoms with van der Waals surface area (Å²) in [5.74, 6) is 0.703. The topological polar surface area (TPSA) is 88.7 Å². The van der Waals surface area contributed by atoms with E-state index in [4.69, 9.17) is 9.47 Å². The molecule has 1 aromatic carbocycles. The monoisotopic (exact) mass is 279 g/mol. The first-order valence-corrected chi connectivity index (χ1v) is 6.21. The molecule has 0 saturated heterocycles. The third kappa shape index (κ3) is 3.11. The Morgan fingerprint density at radius 2 is 2.30 bits per heavy atom. The lowest BCUT2D eigenvalue weighted by Crippen LogP contribution is -2.47. The Morgan fingerprint density at radius 1 is 1.50 bits per heavy atom. The number of fused-ring (bicyclic) bond motifs is 1. The van der Waals surface area contributed by atoms with Gasteiger partial charge in [-0.05, 0) is 12.1 Å². The van der Waals surface area contributed by atoms with Gasteiger partial charge in [0.25, 0.3) is 5.91 Å². The molecule has 3 N–H and O–H groups in total. The zero-order chi connectivity index (χ0) is 14.5. The van der Waals surface area contributed by atoms with Crippen LogP contribution >= 0.6 is 0 Å². The van der Waals surface area contributed by atoms with Gasteiger partial charge in [-0.3, -0.25) is 9.59 Å². The molecule has 2 rings (SSSR count). The van der Waals surface area contributed by atoms with Gasteiger partial charge in [-0.1, -0.05) is 0 Å². The summed E-state index contributed by atoms with van der Waals surface area (Å²) < 4.78 is 10.7. The van der Waals surface area contributed by atoms with Crippen LogP contribution in [0.2, 0.25) is 0 Å². The summed E-state index contributed by atoms with van der Waals surface area (Å²) in [7, 11) is 3.09. The number of benzene rings is 1. The molecule has 108 valence electrons. The molecular formula is C13H17N3O4. The minimum absolute atomic E-state index is 0.0648. The molecule has 0 aromatic heterocycles. The van der Waals surface area contributed by atoms with Crippen LogP contribution in [0.3, 0.4) is 0 Å². The molecule has 0 saturated carbocycles. The van der Waals surface area contributed by atoms with E-state index >= 15 is 0 Å². The summed E-state index contributed by atoms with van der Waals surface area (Å²) in [6.07, 6.45) is -0.666. The van der Waals surface area contributed by atoms with Gasteiger partial charge >= 0.3 is 0 Å². The van der Waals surface area contributed by atoms with E-state index < -0.39 is 6.10 Å². The van der Waals surface area contributed by atoms with Crippen molar-refractivity contribution in [1.82, 2.24) is 10.6 Å². The Labute approximate surface area is 116 Å². The molecule has 1 aromatic rings. The first-order valence-electron chi connectivity index (χ1n) is 6.21. The average Bonchev–Trinajstić information content (AvgIpc) is 2.50. The Hall–Kier alpha value is -2.44. The van der Waals surface area contributed by atoms with Crippen molar-refractivity contribution in [3.05, 3.63) is 18.2 Å². The maximum Gasteiger partial charge on any atom is 0.263 e. The van der Waals surface area contributed by atoms with E-state index in [2.05, 4.69) is 16.0 Å². The number of carbonyl (C=O) groups excluding carboxylic acids is 2. The number of amides is 2. The van der Waals surface area contributed by atoms with Crippen molar-refractivity contribution in [1.29, 1.82) is 0 Å².